The molecule has 0 aliphatic rings. The van der Waals surface area contributed by atoms with Gasteiger partial charge in [-0.05, 0) is 38.7 Å². The molecule has 1 nitrogen and oxygen atoms in total. The molecule has 0 saturated carbocycles. The molecule has 0 N–H and O–H groups in total. The second kappa shape index (κ2) is 10.1. The van der Waals surface area contributed by atoms with E-state index < -0.39 is 12.4 Å². The Morgan fingerprint density at radius 2 is 1.90 bits per heavy atom. The predicted molar refractivity (Wildman–Crippen MR) is 74.1 cm³/mol. The van der Waals surface area contributed by atoms with E-state index >= 15 is 0 Å². The van der Waals surface area contributed by atoms with Gasteiger partial charge in [-0.25, -0.2) is 0 Å². The fraction of sp³-hybridized carbons (Fsp3) is 0.429. The van der Waals surface area contributed by atoms with E-state index in [1.165, 1.54) is 6.07 Å². The standard InChI is InChI=1S/C14H19BF3O.K/c1-3-4-5-6-7-10-19-14-9-8-12(2)11-13(14)15(16,17)18;/h3,8-9,11H,1,4-7,10H2,2H3;/q-1;+1. The number of benzene rings is 1. The molecule has 0 amide bonds. The van der Waals surface area contributed by atoms with Gasteiger partial charge in [-0.2, -0.15) is 0 Å². The molecule has 6 heteroatoms. The molecule has 20 heavy (non-hydrogen) atoms. The fourth-order valence-corrected chi connectivity index (χ4v) is 1.80. The topological polar surface area (TPSA) is 9.23 Å². The molecule has 0 aliphatic carbocycles. The van der Waals surface area contributed by atoms with Gasteiger partial charge in [0.15, 0.2) is 0 Å². The summed E-state index contributed by atoms with van der Waals surface area (Å²) in [4.78, 5) is 0. The molecule has 106 valence electrons. The van der Waals surface area contributed by atoms with Crippen molar-refractivity contribution in [2.45, 2.75) is 32.6 Å². The van der Waals surface area contributed by atoms with Crippen LogP contribution in [0, 0.1) is 6.92 Å². The summed E-state index contributed by atoms with van der Waals surface area (Å²) in [6.07, 6.45) is 5.46. The van der Waals surface area contributed by atoms with Crippen LogP contribution in [-0.2, 0) is 0 Å². The molecule has 0 atom stereocenters. The van der Waals surface area contributed by atoms with Crippen molar-refractivity contribution < 1.29 is 69.1 Å². The average molecular weight is 310 g/mol. The third kappa shape index (κ3) is 7.31. The molecule has 0 bridgehead atoms. The zero-order valence-corrected chi connectivity index (χ0v) is 15.3. The molecule has 0 aromatic heterocycles. The number of allylic oxidation sites excluding steroid dienone is 1. The third-order valence-electron chi connectivity index (χ3n) is 2.83. The van der Waals surface area contributed by atoms with Crippen LogP contribution in [0.15, 0.2) is 30.9 Å². The number of rotatable bonds is 8. The molecule has 0 aliphatic heterocycles. The zero-order chi connectivity index (χ0) is 14.3. The van der Waals surface area contributed by atoms with Crippen LogP contribution in [0.1, 0.15) is 31.2 Å². The first-order chi connectivity index (χ1) is 8.95. The largest absolute Gasteiger partial charge is 1.00 e. The van der Waals surface area contributed by atoms with Gasteiger partial charge in [0.1, 0.15) is 0 Å². The SMILES string of the molecule is C=CCCCCCOc1ccc(C)cc1[B-](F)(F)F.[K+]. The van der Waals surface area contributed by atoms with Crippen molar-refractivity contribution in [3.63, 3.8) is 0 Å². The molecule has 0 radical (unpaired) electrons. The first-order valence-electron chi connectivity index (χ1n) is 6.49. The first-order valence-corrected chi connectivity index (χ1v) is 6.49. The van der Waals surface area contributed by atoms with Gasteiger partial charge < -0.3 is 17.7 Å². The van der Waals surface area contributed by atoms with E-state index in [4.69, 9.17) is 4.74 Å². The van der Waals surface area contributed by atoms with E-state index in [-0.39, 0.29) is 57.1 Å². The number of ether oxygens (including phenoxy) is 1. The van der Waals surface area contributed by atoms with Gasteiger partial charge in [0, 0.05) is 0 Å². The van der Waals surface area contributed by atoms with Crippen LogP contribution in [0.2, 0.25) is 0 Å². The molecule has 0 fully saturated rings. The predicted octanol–water partition coefficient (Wildman–Crippen LogP) is 1.18. The van der Waals surface area contributed by atoms with Crippen LogP contribution in [-0.4, -0.2) is 13.6 Å². The summed E-state index contributed by atoms with van der Waals surface area (Å²) >= 11 is 0. The monoisotopic (exact) mass is 310 g/mol. The van der Waals surface area contributed by atoms with Crippen molar-refractivity contribution in [1.29, 1.82) is 0 Å². The van der Waals surface area contributed by atoms with Crippen LogP contribution in [0.4, 0.5) is 12.9 Å². The fourth-order valence-electron chi connectivity index (χ4n) is 1.80. The maximum absolute atomic E-state index is 12.9. The van der Waals surface area contributed by atoms with Gasteiger partial charge in [0.2, 0.25) is 0 Å². The number of hydrogen-bond acceptors (Lipinski definition) is 1. The minimum absolute atomic E-state index is 0. The Kier molecular flexibility index (Phi) is 10.2. The number of unbranched alkanes of at least 4 members (excludes halogenated alkanes) is 3. The molecular weight excluding hydrogens is 291 g/mol. The van der Waals surface area contributed by atoms with E-state index in [0.29, 0.717) is 12.2 Å². The van der Waals surface area contributed by atoms with E-state index in [2.05, 4.69) is 6.58 Å². The summed E-state index contributed by atoms with van der Waals surface area (Å²) in [6.45, 7) is 0.554. The Balaban J connectivity index is 0.00000361. The number of hydrogen-bond donors (Lipinski definition) is 0. The molecule has 0 spiro atoms. The Morgan fingerprint density at radius 3 is 2.50 bits per heavy atom. The Hall–Kier alpha value is 0.251. The average Bonchev–Trinajstić information content (AvgIpc) is 2.34. The van der Waals surface area contributed by atoms with E-state index in [1.807, 2.05) is 6.08 Å². The van der Waals surface area contributed by atoms with Gasteiger partial charge >= 0.3 is 58.4 Å². The third-order valence-corrected chi connectivity index (χ3v) is 2.83. The molecule has 1 rings (SSSR count). The van der Waals surface area contributed by atoms with E-state index in [1.54, 1.807) is 13.0 Å². The Bertz CT molecular complexity index is 421. The van der Waals surface area contributed by atoms with Gasteiger partial charge in [0.25, 0.3) is 0 Å². The minimum Gasteiger partial charge on any atom is -0.497 e. The second-order valence-corrected chi connectivity index (χ2v) is 4.60. The summed E-state index contributed by atoms with van der Waals surface area (Å²) in [7, 11) is 0. The Morgan fingerprint density at radius 1 is 1.20 bits per heavy atom. The molecular formula is C14H19BF3KO. The van der Waals surface area contributed by atoms with Crippen molar-refractivity contribution in [3.05, 3.63) is 36.4 Å². The van der Waals surface area contributed by atoms with Crippen molar-refractivity contribution in [3.8, 4) is 5.75 Å². The second-order valence-electron chi connectivity index (χ2n) is 4.60. The van der Waals surface area contributed by atoms with Gasteiger partial charge in [-0.3, -0.25) is 0 Å². The van der Waals surface area contributed by atoms with Crippen molar-refractivity contribution in [1.82, 2.24) is 0 Å². The van der Waals surface area contributed by atoms with E-state index in [0.717, 1.165) is 31.7 Å². The first kappa shape index (κ1) is 20.3. The summed E-state index contributed by atoms with van der Waals surface area (Å²) < 4.78 is 43.9. The maximum atomic E-state index is 12.9. The number of halogens is 3. The summed E-state index contributed by atoms with van der Waals surface area (Å²) in [5.41, 5.74) is -0.0429. The molecule has 1 aromatic rings. The van der Waals surface area contributed by atoms with Crippen LogP contribution in [0.3, 0.4) is 0 Å². The molecule has 0 heterocycles. The van der Waals surface area contributed by atoms with Crippen molar-refractivity contribution in [2.24, 2.45) is 0 Å². The van der Waals surface area contributed by atoms with Gasteiger partial charge in [-0.1, -0.05) is 29.2 Å². The van der Waals surface area contributed by atoms with Gasteiger partial charge in [0.05, 0.1) is 12.4 Å². The summed E-state index contributed by atoms with van der Waals surface area (Å²) in [5, 5.41) is 0. The summed E-state index contributed by atoms with van der Waals surface area (Å²) in [5.74, 6) is -0.0539. The minimum atomic E-state index is -5.03. The van der Waals surface area contributed by atoms with Crippen LogP contribution >= 0.6 is 0 Å². The molecule has 0 saturated heterocycles. The van der Waals surface area contributed by atoms with Crippen LogP contribution < -0.4 is 61.6 Å². The Labute approximate surface area is 161 Å². The maximum Gasteiger partial charge on any atom is 1.00 e. The van der Waals surface area contributed by atoms with Crippen LogP contribution in [0.5, 0.6) is 5.75 Å². The van der Waals surface area contributed by atoms with Gasteiger partial charge in [-0.15, -0.1) is 6.58 Å². The number of aryl methyl sites for hydroxylation is 1. The summed E-state index contributed by atoms with van der Waals surface area (Å²) in [6, 6.07) is 4.19. The van der Waals surface area contributed by atoms with Crippen LogP contribution in [0.25, 0.3) is 0 Å². The van der Waals surface area contributed by atoms with Crippen molar-refractivity contribution in [2.75, 3.05) is 6.61 Å². The van der Waals surface area contributed by atoms with E-state index in [9.17, 15) is 12.9 Å². The quantitative estimate of drug-likeness (QED) is 0.398. The zero-order valence-electron chi connectivity index (χ0n) is 12.2. The van der Waals surface area contributed by atoms with Crippen molar-refractivity contribution >= 4 is 12.4 Å². The smallest absolute Gasteiger partial charge is 0.497 e. The molecule has 1 aromatic carbocycles. The normalized spacial score (nSPS) is 10.8. The molecule has 0 unspecified atom stereocenters.